The van der Waals surface area contributed by atoms with Crippen LogP contribution in [0.5, 0.6) is 0 Å². The Hall–Kier alpha value is -0.960. The number of thioether (sulfide) groups is 1. The van der Waals surface area contributed by atoms with Crippen molar-refractivity contribution in [3.05, 3.63) is 23.8 Å². The summed E-state index contributed by atoms with van der Waals surface area (Å²) in [5.41, 5.74) is 7.54. The Morgan fingerprint density at radius 3 is 2.77 bits per heavy atom. The van der Waals surface area contributed by atoms with Gasteiger partial charge < -0.3 is 5.73 Å². The second-order valence-electron chi connectivity index (χ2n) is 2.91. The SMILES string of the molecule is CSc1cccc(CC(C)=O)c1N. The van der Waals surface area contributed by atoms with Crippen LogP contribution in [0.2, 0.25) is 0 Å². The van der Waals surface area contributed by atoms with Gasteiger partial charge in [-0.15, -0.1) is 11.8 Å². The summed E-state index contributed by atoms with van der Waals surface area (Å²) in [6, 6.07) is 5.79. The first-order chi connectivity index (χ1) is 6.15. The summed E-state index contributed by atoms with van der Waals surface area (Å²) in [5, 5.41) is 0. The van der Waals surface area contributed by atoms with E-state index in [1.54, 1.807) is 18.7 Å². The summed E-state index contributed by atoms with van der Waals surface area (Å²) in [5.74, 6) is 0.143. The lowest BCUT2D eigenvalue weighted by molar-refractivity contribution is -0.116. The molecule has 1 rings (SSSR count). The van der Waals surface area contributed by atoms with Crippen molar-refractivity contribution >= 4 is 23.2 Å². The lowest BCUT2D eigenvalue weighted by Gasteiger charge is -2.07. The van der Waals surface area contributed by atoms with Crippen LogP contribution in [0.25, 0.3) is 0 Å². The topological polar surface area (TPSA) is 43.1 Å². The molecule has 0 spiro atoms. The maximum Gasteiger partial charge on any atom is 0.134 e. The van der Waals surface area contributed by atoms with E-state index < -0.39 is 0 Å². The third-order valence-electron chi connectivity index (χ3n) is 1.82. The first-order valence-electron chi connectivity index (χ1n) is 4.06. The van der Waals surface area contributed by atoms with Gasteiger partial charge in [0.25, 0.3) is 0 Å². The van der Waals surface area contributed by atoms with E-state index >= 15 is 0 Å². The van der Waals surface area contributed by atoms with Crippen LogP contribution in [0.1, 0.15) is 12.5 Å². The minimum absolute atomic E-state index is 0.143. The lowest BCUT2D eigenvalue weighted by atomic mass is 10.1. The smallest absolute Gasteiger partial charge is 0.134 e. The zero-order valence-electron chi connectivity index (χ0n) is 7.83. The molecule has 2 nitrogen and oxygen atoms in total. The molecule has 0 heterocycles. The second kappa shape index (κ2) is 4.33. The number of benzene rings is 1. The molecule has 0 saturated heterocycles. The van der Waals surface area contributed by atoms with E-state index in [2.05, 4.69) is 0 Å². The Balaban J connectivity index is 3.01. The van der Waals surface area contributed by atoms with Gasteiger partial charge in [0.15, 0.2) is 0 Å². The number of nitrogens with two attached hydrogens (primary N) is 1. The van der Waals surface area contributed by atoms with E-state index in [9.17, 15) is 4.79 Å². The summed E-state index contributed by atoms with van der Waals surface area (Å²) in [6.45, 7) is 1.57. The van der Waals surface area contributed by atoms with Crippen LogP contribution in [0.3, 0.4) is 0 Å². The number of para-hydroxylation sites is 1. The van der Waals surface area contributed by atoms with Crippen molar-refractivity contribution in [3.8, 4) is 0 Å². The predicted octanol–water partition coefficient (Wildman–Crippen LogP) is 2.12. The van der Waals surface area contributed by atoms with Crippen molar-refractivity contribution in [2.45, 2.75) is 18.2 Å². The molecule has 0 amide bonds. The Kier molecular flexibility index (Phi) is 3.37. The lowest BCUT2D eigenvalue weighted by Crippen LogP contribution is -2.01. The van der Waals surface area contributed by atoms with Gasteiger partial charge in [0.1, 0.15) is 5.78 Å². The molecule has 0 bridgehead atoms. The van der Waals surface area contributed by atoms with Gasteiger partial charge in [0.2, 0.25) is 0 Å². The minimum atomic E-state index is 0.143. The Morgan fingerprint density at radius 1 is 1.54 bits per heavy atom. The van der Waals surface area contributed by atoms with Crippen molar-refractivity contribution in [1.29, 1.82) is 0 Å². The van der Waals surface area contributed by atoms with Gasteiger partial charge in [-0.25, -0.2) is 0 Å². The molecule has 0 aromatic heterocycles. The number of ketones is 1. The van der Waals surface area contributed by atoms with Gasteiger partial charge in [0, 0.05) is 17.0 Å². The summed E-state index contributed by atoms with van der Waals surface area (Å²) in [7, 11) is 0. The summed E-state index contributed by atoms with van der Waals surface area (Å²) >= 11 is 1.60. The molecule has 0 aliphatic heterocycles. The average Bonchev–Trinajstić information content (AvgIpc) is 2.08. The van der Waals surface area contributed by atoms with Gasteiger partial charge in [0.05, 0.1) is 0 Å². The molecule has 0 atom stereocenters. The average molecular weight is 195 g/mol. The van der Waals surface area contributed by atoms with Gasteiger partial charge in [-0.3, -0.25) is 4.79 Å². The third kappa shape index (κ3) is 2.49. The molecule has 0 aliphatic rings. The largest absolute Gasteiger partial charge is 0.398 e. The summed E-state index contributed by atoms with van der Waals surface area (Å²) < 4.78 is 0. The fourth-order valence-electron chi connectivity index (χ4n) is 1.19. The van der Waals surface area contributed by atoms with Crippen LogP contribution in [-0.4, -0.2) is 12.0 Å². The molecular formula is C10H13NOS. The van der Waals surface area contributed by atoms with Crippen LogP contribution in [-0.2, 0) is 11.2 Å². The standard InChI is InChI=1S/C10H13NOS/c1-7(12)6-8-4-3-5-9(13-2)10(8)11/h3-5H,6,11H2,1-2H3. The zero-order valence-corrected chi connectivity index (χ0v) is 8.65. The molecule has 0 saturated carbocycles. The summed E-state index contributed by atoms with van der Waals surface area (Å²) in [4.78, 5) is 11.9. The quantitative estimate of drug-likeness (QED) is 0.593. The maximum absolute atomic E-state index is 10.9. The van der Waals surface area contributed by atoms with Crippen LogP contribution < -0.4 is 5.73 Å². The van der Waals surface area contributed by atoms with Crippen LogP contribution >= 0.6 is 11.8 Å². The predicted molar refractivity (Wildman–Crippen MR) is 57.0 cm³/mol. The van der Waals surface area contributed by atoms with E-state index in [1.807, 2.05) is 24.5 Å². The number of anilines is 1. The first kappa shape index (κ1) is 10.1. The molecule has 1 aromatic carbocycles. The van der Waals surface area contributed by atoms with Crippen molar-refractivity contribution < 1.29 is 4.79 Å². The highest BCUT2D eigenvalue weighted by Gasteiger charge is 2.05. The number of rotatable bonds is 3. The minimum Gasteiger partial charge on any atom is -0.398 e. The van der Waals surface area contributed by atoms with E-state index in [0.29, 0.717) is 6.42 Å². The van der Waals surface area contributed by atoms with E-state index in [-0.39, 0.29) is 5.78 Å². The van der Waals surface area contributed by atoms with E-state index in [0.717, 1.165) is 16.1 Å². The Labute approximate surface area is 82.5 Å². The number of nitrogen functional groups attached to an aromatic ring is 1. The van der Waals surface area contributed by atoms with Gasteiger partial charge in [-0.2, -0.15) is 0 Å². The molecule has 1 aromatic rings. The van der Waals surface area contributed by atoms with Crippen LogP contribution in [0.4, 0.5) is 5.69 Å². The van der Waals surface area contributed by atoms with E-state index in [4.69, 9.17) is 5.73 Å². The molecule has 0 unspecified atom stereocenters. The zero-order chi connectivity index (χ0) is 9.84. The second-order valence-corrected chi connectivity index (χ2v) is 3.76. The van der Waals surface area contributed by atoms with Crippen molar-refractivity contribution in [1.82, 2.24) is 0 Å². The monoisotopic (exact) mass is 195 g/mol. The Morgan fingerprint density at radius 2 is 2.23 bits per heavy atom. The third-order valence-corrected chi connectivity index (χ3v) is 2.61. The number of hydrogen-bond donors (Lipinski definition) is 1. The number of Topliss-reactive ketones (excluding diaryl/α,β-unsaturated/α-hetero) is 1. The maximum atomic E-state index is 10.9. The normalized spacial score (nSPS) is 10.0. The van der Waals surface area contributed by atoms with Crippen molar-refractivity contribution in [2.24, 2.45) is 0 Å². The van der Waals surface area contributed by atoms with Crippen LogP contribution in [0.15, 0.2) is 23.1 Å². The van der Waals surface area contributed by atoms with Crippen LogP contribution in [0, 0.1) is 0 Å². The molecule has 0 radical (unpaired) electrons. The van der Waals surface area contributed by atoms with Crippen molar-refractivity contribution in [3.63, 3.8) is 0 Å². The molecular weight excluding hydrogens is 182 g/mol. The fraction of sp³-hybridized carbons (Fsp3) is 0.300. The molecule has 3 heteroatoms. The van der Waals surface area contributed by atoms with Gasteiger partial charge in [-0.1, -0.05) is 12.1 Å². The van der Waals surface area contributed by atoms with Gasteiger partial charge in [-0.05, 0) is 24.8 Å². The summed E-state index contributed by atoms with van der Waals surface area (Å²) in [6.07, 6.45) is 2.41. The number of hydrogen-bond acceptors (Lipinski definition) is 3. The molecule has 0 fully saturated rings. The van der Waals surface area contributed by atoms with E-state index in [1.165, 1.54) is 0 Å². The highest BCUT2D eigenvalue weighted by molar-refractivity contribution is 7.98. The molecule has 70 valence electrons. The van der Waals surface area contributed by atoms with Crippen molar-refractivity contribution in [2.75, 3.05) is 12.0 Å². The fourth-order valence-corrected chi connectivity index (χ4v) is 1.76. The molecule has 13 heavy (non-hydrogen) atoms. The Bertz CT molecular complexity index is 323. The highest BCUT2D eigenvalue weighted by atomic mass is 32.2. The highest BCUT2D eigenvalue weighted by Crippen LogP contribution is 2.26. The van der Waals surface area contributed by atoms with Gasteiger partial charge >= 0.3 is 0 Å². The number of carbonyl (C=O) groups is 1. The molecule has 2 N–H and O–H groups in total. The molecule has 0 aliphatic carbocycles. The first-order valence-corrected chi connectivity index (χ1v) is 5.28. The number of carbonyl (C=O) groups excluding carboxylic acids is 1.